The summed E-state index contributed by atoms with van der Waals surface area (Å²) in [5.74, 6) is 1.10. The minimum absolute atomic E-state index is 0.133. The number of hydrogen-bond donors (Lipinski definition) is 1. The average Bonchev–Trinajstić information content (AvgIpc) is 2.18. The number of rotatable bonds is 2. The summed E-state index contributed by atoms with van der Waals surface area (Å²) >= 11 is 0. The maximum absolute atomic E-state index is 13.1. The third-order valence-corrected chi connectivity index (χ3v) is 1.65. The Balaban J connectivity index is 2.82. The average molecular weight is 202 g/mol. The van der Waals surface area contributed by atoms with Crippen LogP contribution in [0.1, 0.15) is 12.0 Å². The lowest BCUT2D eigenvalue weighted by Crippen LogP contribution is -2.10. The van der Waals surface area contributed by atoms with Gasteiger partial charge in [0.25, 0.3) is 0 Å². The van der Waals surface area contributed by atoms with Crippen molar-refractivity contribution in [1.29, 1.82) is 5.26 Å². The van der Waals surface area contributed by atoms with Gasteiger partial charge in [-0.1, -0.05) is 5.92 Å². The van der Waals surface area contributed by atoms with Crippen LogP contribution in [0, 0.1) is 29.5 Å². The summed E-state index contributed by atoms with van der Waals surface area (Å²) in [6.07, 6.45) is 4.76. The molecule has 0 fully saturated rings. The maximum atomic E-state index is 13.1. The molecule has 15 heavy (non-hydrogen) atoms. The lowest BCUT2D eigenvalue weighted by atomic mass is 10.2. The first-order chi connectivity index (χ1) is 7.17. The molecule has 1 aromatic carbocycles. The van der Waals surface area contributed by atoms with E-state index in [2.05, 4.69) is 11.2 Å². The Labute approximate surface area is 86.5 Å². The molecule has 0 unspecified atom stereocenters. The van der Waals surface area contributed by atoms with E-state index in [1.807, 2.05) is 0 Å². The van der Waals surface area contributed by atoms with Gasteiger partial charge in [-0.15, -0.1) is 6.42 Å². The van der Waals surface area contributed by atoms with Crippen LogP contribution in [0.5, 0.6) is 0 Å². The van der Waals surface area contributed by atoms with Crippen molar-refractivity contribution in [3.05, 3.63) is 29.6 Å². The molecule has 1 N–H and O–H groups in total. The van der Waals surface area contributed by atoms with Crippen LogP contribution in [0.4, 0.5) is 10.1 Å². The Kier molecular flexibility index (Phi) is 3.43. The molecule has 74 valence electrons. The summed E-state index contributed by atoms with van der Waals surface area (Å²) in [7, 11) is 0. The number of hydrogen-bond acceptors (Lipinski definition) is 2. The summed E-state index contributed by atoms with van der Waals surface area (Å²) in [4.78, 5) is 11.0. The molecule has 0 aliphatic rings. The highest BCUT2D eigenvalue weighted by molar-refractivity contribution is 5.92. The molecule has 0 aromatic heterocycles. The largest absolute Gasteiger partial charge is 0.325 e. The third kappa shape index (κ3) is 2.82. The van der Waals surface area contributed by atoms with Gasteiger partial charge in [-0.25, -0.2) is 4.39 Å². The molecule has 0 bridgehead atoms. The number of anilines is 1. The molecule has 0 spiro atoms. The second kappa shape index (κ2) is 4.78. The Morgan fingerprint density at radius 2 is 2.33 bits per heavy atom. The van der Waals surface area contributed by atoms with E-state index < -0.39 is 11.7 Å². The fourth-order valence-corrected chi connectivity index (χ4v) is 0.987. The number of terminal acetylenes is 1. The van der Waals surface area contributed by atoms with Crippen molar-refractivity contribution in [3.8, 4) is 18.4 Å². The molecular weight excluding hydrogens is 195 g/mol. The highest BCUT2D eigenvalue weighted by Crippen LogP contribution is 2.13. The molecule has 0 aliphatic carbocycles. The number of nitrogens with one attached hydrogen (secondary N) is 1. The molecule has 1 aromatic rings. The van der Waals surface area contributed by atoms with E-state index in [0.717, 1.165) is 6.07 Å². The van der Waals surface area contributed by atoms with E-state index in [-0.39, 0.29) is 17.7 Å². The minimum Gasteiger partial charge on any atom is -0.325 e. The van der Waals surface area contributed by atoms with Gasteiger partial charge in [-0.3, -0.25) is 4.79 Å². The van der Waals surface area contributed by atoms with Crippen molar-refractivity contribution in [1.82, 2.24) is 0 Å². The van der Waals surface area contributed by atoms with Crippen LogP contribution in [0.3, 0.4) is 0 Å². The van der Waals surface area contributed by atoms with Gasteiger partial charge in [0, 0.05) is 5.69 Å². The third-order valence-electron chi connectivity index (χ3n) is 1.65. The first-order valence-corrected chi connectivity index (χ1v) is 4.10. The second-order valence-electron chi connectivity index (χ2n) is 2.72. The first-order valence-electron chi connectivity index (χ1n) is 4.10. The van der Waals surface area contributed by atoms with E-state index >= 15 is 0 Å². The van der Waals surface area contributed by atoms with Crippen molar-refractivity contribution >= 4 is 11.6 Å². The van der Waals surface area contributed by atoms with Crippen LogP contribution in [0.15, 0.2) is 18.2 Å². The van der Waals surface area contributed by atoms with Gasteiger partial charge in [0.1, 0.15) is 12.2 Å². The highest BCUT2D eigenvalue weighted by Gasteiger charge is 2.04. The van der Waals surface area contributed by atoms with Crippen LogP contribution in [-0.2, 0) is 4.79 Å². The predicted molar refractivity (Wildman–Crippen MR) is 53.2 cm³/mol. The van der Waals surface area contributed by atoms with E-state index in [1.54, 1.807) is 6.07 Å². The van der Waals surface area contributed by atoms with Gasteiger partial charge in [-0.05, 0) is 18.2 Å². The van der Waals surface area contributed by atoms with Gasteiger partial charge >= 0.3 is 0 Å². The fraction of sp³-hybridized carbons (Fsp3) is 0.0909. The van der Waals surface area contributed by atoms with Crippen LogP contribution in [0.2, 0.25) is 0 Å². The number of nitrogens with zero attached hydrogens (tertiary/aromatic N) is 1. The molecule has 1 rings (SSSR count). The normalized spacial score (nSPS) is 8.73. The SMILES string of the molecule is C#Cc1ccc(NC(=O)CC#N)cc1F. The Morgan fingerprint density at radius 3 is 2.87 bits per heavy atom. The highest BCUT2D eigenvalue weighted by atomic mass is 19.1. The van der Waals surface area contributed by atoms with E-state index in [9.17, 15) is 9.18 Å². The zero-order valence-electron chi connectivity index (χ0n) is 7.75. The lowest BCUT2D eigenvalue weighted by Gasteiger charge is -2.03. The summed E-state index contributed by atoms with van der Waals surface area (Å²) in [6.45, 7) is 0. The lowest BCUT2D eigenvalue weighted by molar-refractivity contribution is -0.115. The molecule has 0 atom stereocenters. The van der Waals surface area contributed by atoms with Gasteiger partial charge in [0.2, 0.25) is 5.91 Å². The minimum atomic E-state index is -0.577. The van der Waals surface area contributed by atoms with Gasteiger partial charge in [0.05, 0.1) is 11.6 Å². The number of nitriles is 1. The zero-order chi connectivity index (χ0) is 11.3. The van der Waals surface area contributed by atoms with Crippen molar-refractivity contribution in [2.24, 2.45) is 0 Å². The molecule has 0 saturated heterocycles. The van der Waals surface area contributed by atoms with E-state index in [1.165, 1.54) is 12.1 Å². The molecule has 4 heteroatoms. The standard InChI is InChI=1S/C11H7FN2O/c1-2-8-3-4-9(7-10(8)12)14-11(15)5-6-13/h1,3-4,7H,5H2,(H,14,15). The van der Waals surface area contributed by atoms with Crippen molar-refractivity contribution in [3.63, 3.8) is 0 Å². The van der Waals surface area contributed by atoms with Crippen molar-refractivity contribution in [2.45, 2.75) is 6.42 Å². The Hall–Kier alpha value is -2.33. The molecule has 0 heterocycles. The smallest absolute Gasteiger partial charge is 0.238 e. The number of halogens is 1. The first kappa shape index (κ1) is 10.7. The number of benzene rings is 1. The summed E-state index contributed by atoms with van der Waals surface area (Å²) in [6, 6.07) is 5.67. The summed E-state index contributed by atoms with van der Waals surface area (Å²) < 4.78 is 13.1. The Morgan fingerprint density at radius 1 is 1.60 bits per heavy atom. The van der Waals surface area contributed by atoms with Crippen molar-refractivity contribution < 1.29 is 9.18 Å². The molecule has 0 saturated carbocycles. The second-order valence-corrected chi connectivity index (χ2v) is 2.72. The number of carbonyl (C=O) groups is 1. The number of amides is 1. The molecule has 3 nitrogen and oxygen atoms in total. The van der Waals surface area contributed by atoms with Crippen LogP contribution in [0.25, 0.3) is 0 Å². The molecular formula is C11H7FN2O. The van der Waals surface area contributed by atoms with Crippen LogP contribution < -0.4 is 5.32 Å². The van der Waals surface area contributed by atoms with Gasteiger partial charge in [-0.2, -0.15) is 5.26 Å². The Bertz CT molecular complexity index is 468. The van der Waals surface area contributed by atoms with Gasteiger partial charge in [0.15, 0.2) is 0 Å². The van der Waals surface area contributed by atoms with Gasteiger partial charge < -0.3 is 5.32 Å². The fourth-order valence-electron chi connectivity index (χ4n) is 0.987. The van der Waals surface area contributed by atoms with E-state index in [4.69, 9.17) is 11.7 Å². The topological polar surface area (TPSA) is 52.9 Å². The van der Waals surface area contributed by atoms with E-state index in [0.29, 0.717) is 0 Å². The van der Waals surface area contributed by atoms with Crippen LogP contribution in [-0.4, -0.2) is 5.91 Å². The van der Waals surface area contributed by atoms with Crippen molar-refractivity contribution in [2.75, 3.05) is 5.32 Å². The van der Waals surface area contributed by atoms with Crippen LogP contribution >= 0.6 is 0 Å². The maximum Gasteiger partial charge on any atom is 0.238 e. The predicted octanol–water partition coefficient (Wildman–Crippen LogP) is 1.66. The number of carbonyl (C=O) groups excluding carboxylic acids is 1. The zero-order valence-corrected chi connectivity index (χ0v) is 7.75. The monoisotopic (exact) mass is 202 g/mol. The molecule has 0 aliphatic heterocycles. The quantitative estimate of drug-likeness (QED) is 0.741. The summed E-state index contributed by atoms with van der Waals surface area (Å²) in [5, 5.41) is 10.6. The summed E-state index contributed by atoms with van der Waals surface area (Å²) in [5.41, 5.74) is 0.417. The molecule has 0 radical (unpaired) electrons. The molecule has 1 amide bonds.